The Kier molecular flexibility index (Phi) is 8.65. The summed E-state index contributed by atoms with van der Waals surface area (Å²) in [5.41, 5.74) is 4.45. The average molecular weight is 469 g/mol. The lowest BCUT2D eigenvalue weighted by Crippen LogP contribution is -2.53. The molecule has 0 aromatic heterocycles. The van der Waals surface area contributed by atoms with Gasteiger partial charge in [-0.1, -0.05) is 68.8 Å². The fourth-order valence-corrected chi connectivity index (χ4v) is 4.28. The second-order valence-electron chi connectivity index (χ2n) is 8.48. The second-order valence-corrected chi connectivity index (χ2v) is 8.48. The lowest BCUT2D eigenvalue weighted by Gasteiger charge is -2.29. The van der Waals surface area contributed by atoms with Gasteiger partial charge in [-0.05, 0) is 28.2 Å². The Morgan fingerprint density at radius 2 is 1.65 bits per heavy atom. The largest absolute Gasteiger partial charge is 0.480 e. The predicted octanol–water partition coefficient (Wildman–Crippen LogP) is 3.50. The van der Waals surface area contributed by atoms with Crippen molar-refractivity contribution in [2.45, 2.75) is 32.2 Å². The summed E-state index contributed by atoms with van der Waals surface area (Å²) >= 11 is 0. The molecule has 0 radical (unpaired) electrons. The summed E-state index contributed by atoms with van der Waals surface area (Å²) in [4.78, 5) is 38.4. The maximum absolute atomic E-state index is 13.1. The minimum Gasteiger partial charge on any atom is -0.480 e. The molecule has 8 heteroatoms. The molecular weight excluding hydrogens is 436 g/mol. The number of methoxy groups -OCH3 is 1. The quantitative estimate of drug-likeness (QED) is 0.523. The number of carbonyl (C=O) groups excluding carboxylic acids is 2. The minimum absolute atomic E-state index is 0.0962. The highest BCUT2D eigenvalue weighted by atomic mass is 16.5. The Bertz CT molecular complexity index is 978. The molecule has 2 atom stereocenters. The minimum atomic E-state index is -1.13. The Labute approximate surface area is 199 Å². The summed E-state index contributed by atoms with van der Waals surface area (Å²) in [6, 6.07) is 15.2. The number of hydrogen-bond acceptors (Lipinski definition) is 5. The van der Waals surface area contributed by atoms with E-state index in [1.165, 1.54) is 12.0 Å². The van der Waals surface area contributed by atoms with Gasteiger partial charge in [0.25, 0.3) is 0 Å². The van der Waals surface area contributed by atoms with Gasteiger partial charge < -0.3 is 24.8 Å². The number of alkyl carbamates (subject to hydrolysis) is 1. The summed E-state index contributed by atoms with van der Waals surface area (Å²) in [5, 5.41) is 11.9. The topological polar surface area (TPSA) is 105 Å². The predicted molar refractivity (Wildman–Crippen MR) is 128 cm³/mol. The highest BCUT2D eigenvalue weighted by molar-refractivity contribution is 5.88. The third kappa shape index (κ3) is 5.75. The number of carbonyl (C=O) groups is 3. The molecule has 3 rings (SSSR count). The van der Waals surface area contributed by atoms with Gasteiger partial charge in [0, 0.05) is 19.6 Å². The van der Waals surface area contributed by atoms with E-state index in [4.69, 9.17) is 9.47 Å². The van der Waals surface area contributed by atoms with Gasteiger partial charge in [0.2, 0.25) is 5.91 Å². The van der Waals surface area contributed by atoms with Gasteiger partial charge in [-0.25, -0.2) is 4.79 Å². The van der Waals surface area contributed by atoms with Crippen LogP contribution in [-0.2, 0) is 19.1 Å². The molecule has 0 bridgehead atoms. The number of amides is 2. The van der Waals surface area contributed by atoms with E-state index in [2.05, 4.69) is 17.4 Å². The molecule has 34 heavy (non-hydrogen) atoms. The fourth-order valence-electron chi connectivity index (χ4n) is 4.28. The van der Waals surface area contributed by atoms with E-state index >= 15 is 0 Å². The van der Waals surface area contributed by atoms with E-state index in [9.17, 15) is 19.5 Å². The van der Waals surface area contributed by atoms with Gasteiger partial charge in [-0.15, -0.1) is 0 Å². The number of nitrogens with one attached hydrogen (secondary N) is 1. The van der Waals surface area contributed by atoms with Crippen molar-refractivity contribution >= 4 is 18.0 Å². The van der Waals surface area contributed by atoms with Gasteiger partial charge >= 0.3 is 12.1 Å². The van der Waals surface area contributed by atoms with Crippen molar-refractivity contribution in [1.82, 2.24) is 10.2 Å². The number of fused-ring (bicyclic) bond motifs is 3. The number of rotatable bonds is 11. The smallest absolute Gasteiger partial charge is 0.407 e. The summed E-state index contributed by atoms with van der Waals surface area (Å²) in [6.45, 7) is 3.70. The Balaban J connectivity index is 1.71. The van der Waals surface area contributed by atoms with Gasteiger partial charge in [0.1, 0.15) is 19.2 Å². The van der Waals surface area contributed by atoms with Crippen LogP contribution in [-0.4, -0.2) is 67.4 Å². The third-order valence-corrected chi connectivity index (χ3v) is 6.30. The van der Waals surface area contributed by atoms with Gasteiger partial charge in [0.05, 0.1) is 6.61 Å². The number of ether oxygens (including phenoxy) is 2. The molecule has 1 aliphatic rings. The summed E-state index contributed by atoms with van der Waals surface area (Å²) in [6.07, 6.45) is -0.0897. The summed E-state index contributed by atoms with van der Waals surface area (Å²) < 4.78 is 10.6. The van der Waals surface area contributed by atoms with Crippen LogP contribution in [0.15, 0.2) is 48.5 Å². The number of nitrogens with zero attached hydrogens (tertiary/aromatic N) is 1. The van der Waals surface area contributed by atoms with E-state index in [1.54, 1.807) is 0 Å². The maximum Gasteiger partial charge on any atom is 0.407 e. The van der Waals surface area contributed by atoms with Crippen molar-refractivity contribution in [2.24, 2.45) is 5.92 Å². The lowest BCUT2D eigenvalue weighted by molar-refractivity contribution is -0.146. The zero-order valence-corrected chi connectivity index (χ0v) is 19.8. The molecule has 2 amide bonds. The molecule has 0 fully saturated rings. The molecule has 2 N–H and O–H groups in total. The van der Waals surface area contributed by atoms with Gasteiger partial charge in [0.15, 0.2) is 0 Å². The molecule has 0 heterocycles. The van der Waals surface area contributed by atoms with Crippen LogP contribution in [0.4, 0.5) is 4.79 Å². The van der Waals surface area contributed by atoms with Crippen molar-refractivity contribution in [3.05, 3.63) is 59.7 Å². The number of benzene rings is 2. The fraction of sp³-hybridized carbons (Fsp3) is 0.423. The maximum atomic E-state index is 13.1. The molecule has 0 saturated heterocycles. The average Bonchev–Trinajstić information content (AvgIpc) is 3.16. The molecule has 182 valence electrons. The van der Waals surface area contributed by atoms with Crippen molar-refractivity contribution in [3.8, 4) is 11.1 Å². The van der Waals surface area contributed by atoms with Crippen LogP contribution in [0.5, 0.6) is 0 Å². The molecule has 1 aliphatic carbocycles. The zero-order valence-electron chi connectivity index (χ0n) is 19.8. The van der Waals surface area contributed by atoms with Crippen LogP contribution in [0, 0.1) is 5.92 Å². The van der Waals surface area contributed by atoms with E-state index in [0.717, 1.165) is 22.3 Å². The van der Waals surface area contributed by atoms with E-state index < -0.39 is 30.6 Å². The first-order valence-electron chi connectivity index (χ1n) is 11.5. The van der Waals surface area contributed by atoms with Gasteiger partial charge in [-0.2, -0.15) is 0 Å². The van der Waals surface area contributed by atoms with Crippen molar-refractivity contribution in [2.75, 3.05) is 33.4 Å². The van der Waals surface area contributed by atoms with E-state index in [-0.39, 0.29) is 31.6 Å². The molecule has 0 saturated carbocycles. The summed E-state index contributed by atoms with van der Waals surface area (Å²) in [7, 11) is 1.48. The Morgan fingerprint density at radius 3 is 2.18 bits per heavy atom. The monoisotopic (exact) mass is 468 g/mol. The summed E-state index contributed by atoms with van der Waals surface area (Å²) in [5.74, 6) is -1.91. The molecule has 2 aromatic rings. The van der Waals surface area contributed by atoms with Crippen molar-refractivity contribution in [3.63, 3.8) is 0 Å². The van der Waals surface area contributed by atoms with Gasteiger partial charge in [-0.3, -0.25) is 9.59 Å². The SMILES string of the molecule is CCC(C)C(NC(=O)OCC1c2ccccc2-c2ccccc21)C(=O)N(CCOC)CC(=O)O. The number of carboxylic acid groups (broad SMARTS) is 1. The molecule has 2 unspecified atom stereocenters. The van der Waals surface area contributed by atoms with Crippen LogP contribution in [0.2, 0.25) is 0 Å². The van der Waals surface area contributed by atoms with Crippen LogP contribution in [0.1, 0.15) is 37.3 Å². The molecular formula is C26H32N2O6. The Morgan fingerprint density at radius 1 is 1.06 bits per heavy atom. The highest BCUT2D eigenvalue weighted by Crippen LogP contribution is 2.44. The van der Waals surface area contributed by atoms with Crippen molar-refractivity contribution in [1.29, 1.82) is 0 Å². The first kappa shape index (κ1) is 25.2. The second kappa shape index (κ2) is 11.7. The highest BCUT2D eigenvalue weighted by Gasteiger charge is 2.33. The van der Waals surface area contributed by atoms with Crippen LogP contribution in [0.3, 0.4) is 0 Å². The molecule has 8 nitrogen and oxygen atoms in total. The first-order chi connectivity index (χ1) is 16.4. The normalized spacial score (nSPS) is 14.0. The molecule has 2 aromatic carbocycles. The van der Waals surface area contributed by atoms with Crippen molar-refractivity contribution < 1.29 is 29.0 Å². The first-order valence-corrected chi connectivity index (χ1v) is 11.5. The third-order valence-electron chi connectivity index (χ3n) is 6.30. The number of carboxylic acids is 1. The van der Waals surface area contributed by atoms with Crippen LogP contribution >= 0.6 is 0 Å². The lowest BCUT2D eigenvalue weighted by atomic mass is 9.97. The molecule has 0 spiro atoms. The van der Waals surface area contributed by atoms with Crippen LogP contribution < -0.4 is 5.32 Å². The number of hydrogen-bond donors (Lipinski definition) is 2. The zero-order chi connectivity index (χ0) is 24.7. The van der Waals surface area contributed by atoms with E-state index in [1.807, 2.05) is 50.2 Å². The van der Waals surface area contributed by atoms with E-state index in [0.29, 0.717) is 6.42 Å². The number of aliphatic carboxylic acids is 1. The standard InChI is InChI=1S/C26H32N2O6/c1-4-17(2)24(25(31)28(13-14-33-3)15-23(29)30)27-26(32)34-16-22-20-11-7-5-9-18(20)19-10-6-8-12-21(19)22/h5-12,17,22,24H,4,13-16H2,1-3H3,(H,27,32)(H,29,30). The van der Waals surface area contributed by atoms with Crippen LogP contribution in [0.25, 0.3) is 11.1 Å². The Hall–Kier alpha value is -3.39. The molecule has 0 aliphatic heterocycles.